The van der Waals surface area contributed by atoms with Gasteiger partial charge in [0, 0.05) is 11.4 Å². The van der Waals surface area contributed by atoms with Crippen molar-refractivity contribution in [2.45, 2.75) is 19.3 Å². The van der Waals surface area contributed by atoms with Crippen LogP contribution in [-0.2, 0) is 20.2 Å². The van der Waals surface area contributed by atoms with Crippen LogP contribution in [0.2, 0.25) is 0 Å². The second-order valence-electron chi connectivity index (χ2n) is 5.01. The molecule has 0 fully saturated rings. The standard InChI is InChI=1S/C13H16N2O3S/c1-4-7-19(17,18)15-9-5-6-11-10(8-9)13(2,3)12(16)14-11/h4-6,8,15H,1,7H2,2-3H3,(H,14,16). The molecule has 0 aromatic heterocycles. The first-order chi connectivity index (χ1) is 8.76. The van der Waals surface area contributed by atoms with Crippen LogP contribution in [0.3, 0.4) is 0 Å². The SMILES string of the molecule is C=CCS(=O)(=O)Nc1ccc2c(c1)C(C)(C)C(=O)N2. The summed E-state index contributed by atoms with van der Waals surface area (Å²) in [4.78, 5) is 11.8. The van der Waals surface area contributed by atoms with E-state index in [0.717, 1.165) is 11.3 Å². The molecule has 1 heterocycles. The first-order valence-corrected chi connectivity index (χ1v) is 7.49. The minimum absolute atomic E-state index is 0.0893. The molecule has 0 spiro atoms. The number of carbonyl (C=O) groups is 1. The highest BCUT2D eigenvalue weighted by Crippen LogP contribution is 2.38. The summed E-state index contributed by atoms with van der Waals surface area (Å²) in [5.74, 6) is -0.237. The molecule has 2 N–H and O–H groups in total. The van der Waals surface area contributed by atoms with E-state index in [4.69, 9.17) is 0 Å². The minimum atomic E-state index is -3.43. The molecule has 5 nitrogen and oxygen atoms in total. The van der Waals surface area contributed by atoms with Gasteiger partial charge in [-0.2, -0.15) is 0 Å². The third-order valence-electron chi connectivity index (χ3n) is 3.12. The third kappa shape index (κ3) is 2.49. The van der Waals surface area contributed by atoms with Crippen LogP contribution >= 0.6 is 0 Å². The molecule has 1 aliphatic heterocycles. The zero-order valence-corrected chi connectivity index (χ0v) is 11.7. The number of benzene rings is 1. The summed E-state index contributed by atoms with van der Waals surface area (Å²) in [6, 6.07) is 5.02. The fraction of sp³-hybridized carbons (Fsp3) is 0.308. The van der Waals surface area contributed by atoms with Crippen molar-refractivity contribution in [3.8, 4) is 0 Å². The van der Waals surface area contributed by atoms with Gasteiger partial charge in [-0.15, -0.1) is 6.58 Å². The molecule has 0 aliphatic carbocycles. The number of carbonyl (C=O) groups excluding carboxylic acids is 1. The van der Waals surface area contributed by atoms with Crippen LogP contribution in [0.25, 0.3) is 0 Å². The van der Waals surface area contributed by atoms with Crippen LogP contribution in [0.4, 0.5) is 11.4 Å². The smallest absolute Gasteiger partial charge is 0.236 e. The Hall–Kier alpha value is -1.82. The molecule has 0 unspecified atom stereocenters. The monoisotopic (exact) mass is 280 g/mol. The fourth-order valence-corrected chi connectivity index (χ4v) is 2.89. The van der Waals surface area contributed by atoms with Crippen LogP contribution < -0.4 is 10.0 Å². The lowest BCUT2D eigenvalue weighted by Gasteiger charge is -2.16. The summed E-state index contributed by atoms with van der Waals surface area (Å²) in [5, 5.41) is 2.77. The topological polar surface area (TPSA) is 75.3 Å². The average molecular weight is 280 g/mol. The molecule has 1 aliphatic rings. The number of rotatable bonds is 4. The predicted molar refractivity (Wildman–Crippen MR) is 75.7 cm³/mol. The third-order valence-corrected chi connectivity index (χ3v) is 4.34. The van der Waals surface area contributed by atoms with Gasteiger partial charge in [-0.05, 0) is 37.6 Å². The fourth-order valence-electron chi connectivity index (χ4n) is 2.01. The van der Waals surface area contributed by atoms with E-state index >= 15 is 0 Å². The maximum atomic E-state index is 11.8. The Morgan fingerprint density at radius 2 is 2.11 bits per heavy atom. The largest absolute Gasteiger partial charge is 0.325 e. The van der Waals surface area contributed by atoms with Crippen molar-refractivity contribution in [2.24, 2.45) is 0 Å². The first-order valence-electron chi connectivity index (χ1n) is 5.83. The van der Waals surface area contributed by atoms with E-state index in [1.165, 1.54) is 6.08 Å². The molecule has 0 saturated heterocycles. The van der Waals surface area contributed by atoms with Gasteiger partial charge in [-0.1, -0.05) is 6.08 Å². The Balaban J connectivity index is 2.36. The van der Waals surface area contributed by atoms with Crippen molar-refractivity contribution < 1.29 is 13.2 Å². The van der Waals surface area contributed by atoms with Crippen LogP contribution in [0.1, 0.15) is 19.4 Å². The van der Waals surface area contributed by atoms with E-state index in [9.17, 15) is 13.2 Å². The lowest BCUT2D eigenvalue weighted by Crippen LogP contribution is -2.27. The summed E-state index contributed by atoms with van der Waals surface area (Å²) in [6.45, 7) is 7.01. The van der Waals surface area contributed by atoms with E-state index in [1.54, 1.807) is 32.0 Å². The van der Waals surface area contributed by atoms with Gasteiger partial charge < -0.3 is 5.32 Å². The van der Waals surface area contributed by atoms with Gasteiger partial charge in [0.25, 0.3) is 0 Å². The average Bonchev–Trinajstić information content (AvgIpc) is 2.50. The molecule has 0 saturated carbocycles. The number of hydrogen-bond donors (Lipinski definition) is 2. The second-order valence-corrected chi connectivity index (χ2v) is 6.78. The summed E-state index contributed by atoms with van der Waals surface area (Å²) in [7, 11) is -3.43. The van der Waals surface area contributed by atoms with Crippen molar-refractivity contribution in [1.82, 2.24) is 0 Å². The number of anilines is 2. The Morgan fingerprint density at radius 1 is 1.42 bits per heavy atom. The van der Waals surface area contributed by atoms with Crippen molar-refractivity contribution in [3.63, 3.8) is 0 Å². The van der Waals surface area contributed by atoms with Gasteiger partial charge in [0.05, 0.1) is 11.2 Å². The summed E-state index contributed by atoms with van der Waals surface area (Å²) in [5.41, 5.74) is 1.30. The highest BCUT2D eigenvalue weighted by Gasteiger charge is 2.38. The zero-order valence-electron chi connectivity index (χ0n) is 10.9. The highest BCUT2D eigenvalue weighted by molar-refractivity contribution is 7.92. The van der Waals surface area contributed by atoms with E-state index in [0.29, 0.717) is 5.69 Å². The van der Waals surface area contributed by atoms with Gasteiger partial charge in [0.15, 0.2) is 0 Å². The van der Waals surface area contributed by atoms with Crippen LogP contribution in [0.15, 0.2) is 30.9 Å². The molecule has 1 aromatic carbocycles. The molecule has 2 rings (SSSR count). The molecule has 1 aromatic rings. The van der Waals surface area contributed by atoms with Crippen molar-refractivity contribution in [1.29, 1.82) is 0 Å². The Labute approximate surface area is 112 Å². The molecule has 1 amide bonds. The maximum Gasteiger partial charge on any atom is 0.236 e. The van der Waals surface area contributed by atoms with Crippen LogP contribution in [-0.4, -0.2) is 20.1 Å². The zero-order chi connectivity index (χ0) is 14.3. The van der Waals surface area contributed by atoms with Gasteiger partial charge in [0.1, 0.15) is 0 Å². The minimum Gasteiger partial charge on any atom is -0.325 e. The molecular weight excluding hydrogens is 264 g/mol. The molecule has 19 heavy (non-hydrogen) atoms. The Morgan fingerprint density at radius 3 is 2.74 bits per heavy atom. The van der Waals surface area contributed by atoms with E-state index in [2.05, 4.69) is 16.6 Å². The quantitative estimate of drug-likeness (QED) is 0.826. The molecule has 0 atom stereocenters. The predicted octanol–water partition coefficient (Wildman–Crippen LogP) is 1.84. The normalized spacial score (nSPS) is 16.6. The number of hydrogen-bond acceptors (Lipinski definition) is 3. The van der Waals surface area contributed by atoms with Gasteiger partial charge in [-0.25, -0.2) is 8.42 Å². The van der Waals surface area contributed by atoms with E-state index in [1.807, 2.05) is 0 Å². The van der Waals surface area contributed by atoms with Crippen molar-refractivity contribution in [3.05, 3.63) is 36.4 Å². The van der Waals surface area contributed by atoms with Crippen LogP contribution in [0, 0.1) is 0 Å². The summed E-state index contributed by atoms with van der Waals surface area (Å²) >= 11 is 0. The van der Waals surface area contributed by atoms with Crippen molar-refractivity contribution >= 4 is 27.3 Å². The van der Waals surface area contributed by atoms with Gasteiger partial charge in [0.2, 0.25) is 15.9 Å². The Kier molecular flexibility index (Phi) is 3.14. The lowest BCUT2D eigenvalue weighted by molar-refractivity contribution is -0.119. The second kappa shape index (κ2) is 4.38. The van der Waals surface area contributed by atoms with E-state index in [-0.39, 0.29) is 11.7 Å². The molecule has 6 heteroatoms. The highest BCUT2D eigenvalue weighted by atomic mass is 32.2. The number of fused-ring (bicyclic) bond motifs is 1. The molecule has 102 valence electrons. The van der Waals surface area contributed by atoms with Crippen molar-refractivity contribution in [2.75, 3.05) is 15.8 Å². The number of amides is 1. The van der Waals surface area contributed by atoms with Crippen LogP contribution in [0.5, 0.6) is 0 Å². The summed E-state index contributed by atoms with van der Waals surface area (Å²) in [6.07, 6.45) is 1.32. The number of sulfonamides is 1. The van der Waals surface area contributed by atoms with Gasteiger partial charge >= 0.3 is 0 Å². The molecule has 0 radical (unpaired) electrons. The van der Waals surface area contributed by atoms with E-state index < -0.39 is 15.4 Å². The summed E-state index contributed by atoms with van der Waals surface area (Å²) < 4.78 is 25.8. The molecular formula is C13H16N2O3S. The Bertz CT molecular complexity index is 648. The van der Waals surface area contributed by atoms with Gasteiger partial charge in [-0.3, -0.25) is 9.52 Å². The maximum absolute atomic E-state index is 11.8. The lowest BCUT2D eigenvalue weighted by atomic mass is 9.86. The number of nitrogens with one attached hydrogen (secondary N) is 2. The first kappa shape index (κ1) is 13.6. The molecule has 0 bridgehead atoms.